The van der Waals surface area contributed by atoms with Crippen LogP contribution < -0.4 is 30.1 Å². The number of rotatable bonds is 5. The van der Waals surface area contributed by atoms with Crippen molar-refractivity contribution < 1.29 is 46.5 Å². The summed E-state index contributed by atoms with van der Waals surface area (Å²) < 4.78 is 0. The van der Waals surface area contributed by atoms with Gasteiger partial charge in [0.15, 0.2) is 0 Å². The third kappa shape index (κ3) is 7.62. The van der Waals surface area contributed by atoms with Gasteiger partial charge in [0.2, 0.25) is 0 Å². The van der Waals surface area contributed by atoms with Gasteiger partial charge in [-0.1, -0.05) is 47.1 Å². The van der Waals surface area contributed by atoms with Crippen LogP contribution in [0.2, 0.25) is 0 Å². The molecule has 4 heteroatoms. The van der Waals surface area contributed by atoms with E-state index in [0.29, 0.717) is 0 Å². The van der Waals surface area contributed by atoms with Crippen molar-refractivity contribution in [2.45, 2.75) is 46.0 Å². The molecule has 0 heterocycles. The van der Waals surface area contributed by atoms with Crippen molar-refractivity contribution in [2.24, 2.45) is 5.92 Å². The summed E-state index contributed by atoms with van der Waals surface area (Å²) in [5.41, 5.74) is 1.58. The molecule has 0 aliphatic heterocycles. The summed E-state index contributed by atoms with van der Waals surface area (Å²) in [4.78, 5) is 0. The van der Waals surface area contributed by atoms with Crippen molar-refractivity contribution in [1.82, 2.24) is 0 Å². The Balaban J connectivity index is 0.000000525. The minimum absolute atomic E-state index is 0. The molecule has 0 amide bonds. The molecular weight excluding hydrogens is 438 g/mol. The van der Waals surface area contributed by atoms with Gasteiger partial charge < -0.3 is 24.8 Å². The van der Waals surface area contributed by atoms with Crippen LogP contribution in [0.4, 0.5) is 0 Å². The zero-order valence-corrected chi connectivity index (χ0v) is 21.0. The average Bonchev–Trinajstić information content (AvgIpc) is 3.28. The Kier molecular flexibility index (Phi) is 14.8. The molecule has 0 bridgehead atoms. The minimum Gasteiger partial charge on any atom is -1.00 e. The van der Waals surface area contributed by atoms with Crippen LogP contribution in [0.1, 0.15) is 46.0 Å². The molecule has 0 N–H and O–H groups in total. The molecule has 4 rings (SSSR count). The number of fused-ring (bicyclic) bond motifs is 2. The molecule has 2 aliphatic carbocycles. The number of allylic oxidation sites excluding steroid dienone is 4. The van der Waals surface area contributed by atoms with Gasteiger partial charge in [0, 0.05) is 0 Å². The second kappa shape index (κ2) is 14.8. The first kappa shape index (κ1) is 27.9. The Morgan fingerprint density at radius 3 is 2.43 bits per heavy atom. The van der Waals surface area contributed by atoms with Crippen molar-refractivity contribution in [1.29, 1.82) is 0 Å². The Morgan fingerprint density at radius 2 is 1.79 bits per heavy atom. The zero-order chi connectivity index (χ0) is 17.5. The molecule has 0 spiro atoms. The van der Waals surface area contributed by atoms with Crippen molar-refractivity contribution in [2.75, 3.05) is 12.3 Å². The summed E-state index contributed by atoms with van der Waals surface area (Å²) in [5, 5.41) is 4.44. The van der Waals surface area contributed by atoms with Crippen LogP contribution in [0.15, 0.2) is 60.2 Å². The molecule has 2 aromatic carbocycles. The molecule has 28 heavy (non-hydrogen) atoms. The van der Waals surface area contributed by atoms with E-state index in [-0.39, 0.29) is 54.5 Å². The standard InChI is InChI=1S/C15H20P.C9H11.2ClH.Ti/c1-3-9-16(10-4-2)15-11-13-7-5-6-8-14(13)12-15;1-2-5-9-7-3-6-8(9)4-1;;;/h5-8,11-12H,3-4,9-10H2,1-2H3;1-2,4,6,9H,3,5,7H2;2*1H;/q2*-1;;;+4/p-2. The topological polar surface area (TPSA) is 0 Å². The fourth-order valence-electron chi connectivity index (χ4n) is 3.89. The van der Waals surface area contributed by atoms with Gasteiger partial charge in [-0.25, -0.2) is 18.1 Å². The zero-order valence-electron chi connectivity index (χ0n) is 17.0. The van der Waals surface area contributed by atoms with Crippen LogP contribution in [-0.2, 0) is 21.7 Å². The SMILES string of the molecule is C1=CCC2CC[CH-]C2=C1.CCCP(CCC)c1cc2ccccc2[cH-]1.[Cl-].[Cl-].[Ti+4]. The molecule has 0 radical (unpaired) electrons. The van der Waals surface area contributed by atoms with Crippen molar-refractivity contribution in [3.8, 4) is 0 Å². The largest absolute Gasteiger partial charge is 4.00 e. The molecule has 1 fully saturated rings. The minimum atomic E-state index is 0. The van der Waals surface area contributed by atoms with Crippen LogP contribution in [0.3, 0.4) is 0 Å². The van der Waals surface area contributed by atoms with E-state index in [4.69, 9.17) is 0 Å². The van der Waals surface area contributed by atoms with E-state index in [1.807, 2.05) is 0 Å². The monoisotopic (exact) mass is 468 g/mol. The normalized spacial score (nSPS) is 16.5. The molecule has 0 aromatic heterocycles. The Labute approximate surface area is 200 Å². The predicted octanol–water partition coefficient (Wildman–Crippen LogP) is 0.978. The van der Waals surface area contributed by atoms with E-state index in [1.54, 1.807) is 10.9 Å². The van der Waals surface area contributed by atoms with Crippen LogP contribution in [-0.4, -0.2) is 12.3 Å². The molecule has 150 valence electrons. The predicted molar refractivity (Wildman–Crippen MR) is 115 cm³/mol. The van der Waals surface area contributed by atoms with Gasteiger partial charge in [-0.3, -0.25) is 0 Å². The average molecular weight is 469 g/mol. The third-order valence-corrected chi connectivity index (χ3v) is 8.13. The summed E-state index contributed by atoms with van der Waals surface area (Å²) >= 11 is 0. The van der Waals surface area contributed by atoms with Crippen LogP contribution in [0.25, 0.3) is 10.8 Å². The number of benzene rings is 1. The smallest absolute Gasteiger partial charge is 1.00 e. The van der Waals surface area contributed by atoms with E-state index >= 15 is 0 Å². The second-order valence-corrected chi connectivity index (χ2v) is 9.63. The van der Waals surface area contributed by atoms with E-state index in [1.165, 1.54) is 55.2 Å². The van der Waals surface area contributed by atoms with Crippen molar-refractivity contribution >= 4 is 24.0 Å². The maximum Gasteiger partial charge on any atom is 4.00 e. The second-order valence-electron chi connectivity index (χ2n) is 7.14. The van der Waals surface area contributed by atoms with Gasteiger partial charge in [0.25, 0.3) is 0 Å². The Morgan fingerprint density at radius 1 is 1.07 bits per heavy atom. The van der Waals surface area contributed by atoms with Crippen molar-refractivity contribution in [3.63, 3.8) is 0 Å². The summed E-state index contributed by atoms with van der Waals surface area (Å²) in [7, 11) is 0.0972. The maximum atomic E-state index is 2.41. The first-order chi connectivity index (χ1) is 12.3. The fraction of sp³-hybridized carbons (Fsp3) is 0.417. The molecule has 1 atom stereocenters. The van der Waals surface area contributed by atoms with Crippen LogP contribution in [0.5, 0.6) is 0 Å². The molecule has 2 aromatic rings. The van der Waals surface area contributed by atoms with E-state index in [9.17, 15) is 0 Å². The first-order valence-corrected chi connectivity index (χ1v) is 11.6. The molecule has 0 nitrogen and oxygen atoms in total. The Hall–Kier alpha value is -0.0957. The van der Waals surface area contributed by atoms with Gasteiger partial charge in [-0.15, -0.1) is 58.9 Å². The van der Waals surface area contributed by atoms with Crippen LogP contribution >= 0.6 is 7.92 Å². The molecule has 1 unspecified atom stereocenters. The fourth-order valence-corrected chi connectivity index (χ4v) is 6.35. The number of hydrogen-bond acceptors (Lipinski definition) is 0. The molecule has 1 saturated carbocycles. The summed E-state index contributed by atoms with van der Waals surface area (Å²) in [6.07, 6.45) is 18.4. The molecular formula is C24H31Cl2PTi. The molecule has 0 saturated heterocycles. The number of hydrogen-bond donors (Lipinski definition) is 0. The van der Waals surface area contributed by atoms with Gasteiger partial charge in [0.05, 0.1) is 0 Å². The summed E-state index contributed by atoms with van der Waals surface area (Å²) in [6, 6.07) is 13.5. The van der Waals surface area contributed by atoms with Gasteiger partial charge in [0.1, 0.15) is 0 Å². The van der Waals surface area contributed by atoms with Gasteiger partial charge >= 0.3 is 21.7 Å². The van der Waals surface area contributed by atoms with E-state index < -0.39 is 0 Å². The van der Waals surface area contributed by atoms with Crippen molar-refractivity contribution in [3.05, 3.63) is 66.6 Å². The maximum absolute atomic E-state index is 2.41. The summed E-state index contributed by atoms with van der Waals surface area (Å²) in [5.74, 6) is 0.884. The van der Waals surface area contributed by atoms with Gasteiger partial charge in [-0.2, -0.15) is 6.07 Å². The first-order valence-electron chi connectivity index (χ1n) is 9.92. The summed E-state index contributed by atoms with van der Waals surface area (Å²) in [6.45, 7) is 4.60. The Bertz CT molecular complexity index is 696. The van der Waals surface area contributed by atoms with Gasteiger partial charge in [-0.05, 0) is 24.7 Å². The third-order valence-electron chi connectivity index (χ3n) is 5.17. The quantitative estimate of drug-likeness (QED) is 0.348. The van der Waals surface area contributed by atoms with E-state index in [0.717, 1.165) is 5.92 Å². The molecule has 2 aliphatic rings. The van der Waals surface area contributed by atoms with E-state index in [2.05, 4.69) is 74.9 Å². The number of halogens is 2. The van der Waals surface area contributed by atoms with Crippen LogP contribution in [0, 0.1) is 12.3 Å².